The van der Waals surface area contributed by atoms with Crippen molar-refractivity contribution in [1.29, 1.82) is 0 Å². The van der Waals surface area contributed by atoms with E-state index in [0.717, 1.165) is 12.8 Å². The van der Waals surface area contributed by atoms with E-state index in [-0.39, 0.29) is 23.3 Å². The maximum atomic E-state index is 13.6. The molecule has 4 nitrogen and oxygen atoms in total. The number of aliphatic hydroxyl groups is 1. The highest BCUT2D eigenvalue weighted by Crippen LogP contribution is 2.27. The second-order valence-corrected chi connectivity index (χ2v) is 4.78. The number of primary amides is 1. The van der Waals surface area contributed by atoms with Crippen molar-refractivity contribution in [2.75, 3.05) is 18.5 Å². The molecule has 0 unspecified atom stereocenters. The number of carbonyl (C=O) groups excluding carboxylic acids is 1. The van der Waals surface area contributed by atoms with Gasteiger partial charge in [-0.15, -0.1) is 0 Å². The van der Waals surface area contributed by atoms with Gasteiger partial charge < -0.3 is 16.2 Å². The first-order valence-corrected chi connectivity index (χ1v) is 6.42. The molecule has 106 valence electrons. The first-order chi connectivity index (χ1) is 8.98. The summed E-state index contributed by atoms with van der Waals surface area (Å²) in [5.74, 6) is -1.04. The topological polar surface area (TPSA) is 75.3 Å². The molecule has 0 saturated carbocycles. The predicted octanol–water partition coefficient (Wildman–Crippen LogP) is 2.14. The zero-order valence-corrected chi connectivity index (χ0v) is 11.4. The van der Waals surface area contributed by atoms with Crippen LogP contribution in [-0.4, -0.2) is 24.2 Å². The van der Waals surface area contributed by atoms with Crippen LogP contribution in [0.3, 0.4) is 0 Å². The van der Waals surface area contributed by atoms with Crippen molar-refractivity contribution in [3.63, 3.8) is 0 Å². The number of carbonyl (C=O) groups is 1. The van der Waals surface area contributed by atoms with Crippen molar-refractivity contribution in [3.8, 4) is 0 Å². The number of amides is 1. The van der Waals surface area contributed by atoms with E-state index >= 15 is 0 Å². The molecule has 0 aliphatic heterocycles. The lowest BCUT2D eigenvalue weighted by molar-refractivity contribution is 0.1000. The molecule has 0 bridgehead atoms. The summed E-state index contributed by atoms with van der Waals surface area (Å²) < 4.78 is 13.6. The number of hydrogen-bond donors (Lipinski definition) is 3. The fourth-order valence-corrected chi connectivity index (χ4v) is 1.88. The maximum Gasteiger partial charge on any atom is 0.248 e. The number of hydrogen-bond acceptors (Lipinski definition) is 3. The second kappa shape index (κ2) is 6.52. The zero-order chi connectivity index (χ0) is 14.5. The van der Waals surface area contributed by atoms with Crippen LogP contribution in [0, 0.1) is 11.2 Å². The SMILES string of the molecule is CCC(CC)(CO)CNc1cc(C(N)=O)ccc1F. The third kappa shape index (κ3) is 3.67. The van der Waals surface area contributed by atoms with E-state index in [4.69, 9.17) is 5.73 Å². The molecular formula is C14H21FN2O2. The molecule has 0 atom stereocenters. The number of nitrogens with two attached hydrogens (primary N) is 1. The Labute approximate surface area is 112 Å². The molecule has 1 rings (SSSR count). The molecule has 19 heavy (non-hydrogen) atoms. The third-order valence-electron chi connectivity index (χ3n) is 3.74. The van der Waals surface area contributed by atoms with Gasteiger partial charge in [0.1, 0.15) is 5.82 Å². The van der Waals surface area contributed by atoms with Crippen molar-refractivity contribution < 1.29 is 14.3 Å². The van der Waals surface area contributed by atoms with E-state index in [0.29, 0.717) is 6.54 Å². The van der Waals surface area contributed by atoms with Crippen molar-refractivity contribution in [1.82, 2.24) is 0 Å². The molecule has 5 heteroatoms. The number of aliphatic hydroxyl groups excluding tert-OH is 1. The van der Waals surface area contributed by atoms with Crippen LogP contribution in [0.25, 0.3) is 0 Å². The van der Waals surface area contributed by atoms with Gasteiger partial charge in [-0.1, -0.05) is 13.8 Å². The minimum atomic E-state index is -0.595. The van der Waals surface area contributed by atoms with Gasteiger partial charge >= 0.3 is 0 Å². The summed E-state index contributed by atoms with van der Waals surface area (Å²) in [6.07, 6.45) is 1.56. The van der Waals surface area contributed by atoms with Crippen LogP contribution < -0.4 is 11.1 Å². The molecule has 0 heterocycles. The highest BCUT2D eigenvalue weighted by atomic mass is 19.1. The van der Waals surface area contributed by atoms with Crippen LogP contribution in [0.4, 0.5) is 10.1 Å². The molecular weight excluding hydrogens is 247 g/mol. The van der Waals surface area contributed by atoms with E-state index in [1.54, 1.807) is 0 Å². The monoisotopic (exact) mass is 268 g/mol. The maximum absolute atomic E-state index is 13.6. The Kier molecular flexibility index (Phi) is 5.30. The van der Waals surface area contributed by atoms with E-state index in [1.165, 1.54) is 18.2 Å². The molecule has 0 radical (unpaired) electrons. The lowest BCUT2D eigenvalue weighted by atomic mass is 9.83. The molecule has 1 aromatic rings. The number of anilines is 1. The second-order valence-electron chi connectivity index (χ2n) is 4.78. The summed E-state index contributed by atoms with van der Waals surface area (Å²) >= 11 is 0. The van der Waals surface area contributed by atoms with Crippen molar-refractivity contribution in [2.24, 2.45) is 11.1 Å². The Balaban J connectivity index is 2.87. The minimum Gasteiger partial charge on any atom is -0.396 e. The van der Waals surface area contributed by atoms with Gasteiger partial charge in [0.05, 0.1) is 12.3 Å². The molecule has 0 spiro atoms. The normalized spacial score (nSPS) is 11.4. The first kappa shape index (κ1) is 15.4. The molecule has 0 fully saturated rings. The van der Waals surface area contributed by atoms with Crippen LogP contribution in [0.1, 0.15) is 37.0 Å². The van der Waals surface area contributed by atoms with Gasteiger partial charge in [-0.2, -0.15) is 0 Å². The quantitative estimate of drug-likeness (QED) is 0.709. The Hall–Kier alpha value is -1.62. The van der Waals surface area contributed by atoms with Gasteiger partial charge in [-0.3, -0.25) is 4.79 Å². The average Bonchev–Trinajstić information content (AvgIpc) is 2.42. The van der Waals surface area contributed by atoms with Crippen LogP contribution in [0.5, 0.6) is 0 Å². The summed E-state index contributed by atoms with van der Waals surface area (Å²) in [5.41, 5.74) is 5.37. The molecule has 0 aliphatic rings. The Morgan fingerprint density at radius 1 is 1.42 bits per heavy atom. The summed E-state index contributed by atoms with van der Waals surface area (Å²) in [5, 5.41) is 12.4. The predicted molar refractivity (Wildman–Crippen MR) is 73.5 cm³/mol. The lowest BCUT2D eigenvalue weighted by Crippen LogP contribution is -2.32. The lowest BCUT2D eigenvalue weighted by Gasteiger charge is -2.30. The van der Waals surface area contributed by atoms with Gasteiger partial charge in [0.2, 0.25) is 5.91 Å². The van der Waals surface area contributed by atoms with Crippen LogP contribution in [0.15, 0.2) is 18.2 Å². The van der Waals surface area contributed by atoms with E-state index < -0.39 is 11.7 Å². The zero-order valence-electron chi connectivity index (χ0n) is 11.4. The summed E-state index contributed by atoms with van der Waals surface area (Å²) in [7, 11) is 0. The van der Waals surface area contributed by atoms with Gasteiger partial charge in [0, 0.05) is 17.5 Å². The minimum absolute atomic E-state index is 0.0319. The van der Waals surface area contributed by atoms with Gasteiger partial charge in [-0.05, 0) is 31.0 Å². The van der Waals surface area contributed by atoms with Gasteiger partial charge in [0.15, 0.2) is 0 Å². The van der Waals surface area contributed by atoms with Crippen molar-refractivity contribution in [3.05, 3.63) is 29.6 Å². The summed E-state index contributed by atoms with van der Waals surface area (Å²) in [6.45, 7) is 4.44. The van der Waals surface area contributed by atoms with E-state index in [2.05, 4.69) is 5.32 Å². The molecule has 1 aromatic carbocycles. The highest BCUT2D eigenvalue weighted by molar-refractivity contribution is 5.93. The van der Waals surface area contributed by atoms with Crippen LogP contribution in [0.2, 0.25) is 0 Å². The molecule has 0 aromatic heterocycles. The molecule has 0 saturated heterocycles. The molecule has 4 N–H and O–H groups in total. The highest BCUT2D eigenvalue weighted by Gasteiger charge is 2.25. The van der Waals surface area contributed by atoms with E-state index in [9.17, 15) is 14.3 Å². The smallest absolute Gasteiger partial charge is 0.248 e. The Morgan fingerprint density at radius 3 is 2.53 bits per heavy atom. The van der Waals surface area contributed by atoms with Crippen LogP contribution >= 0.6 is 0 Å². The third-order valence-corrected chi connectivity index (χ3v) is 3.74. The standard InChI is InChI=1S/C14H21FN2O2/c1-3-14(4-2,9-18)8-17-12-7-10(13(16)19)5-6-11(12)15/h5-7,17-18H,3-4,8-9H2,1-2H3,(H2,16,19). The van der Waals surface area contributed by atoms with Gasteiger partial charge in [-0.25, -0.2) is 4.39 Å². The Bertz CT molecular complexity index is 437. The molecule has 1 amide bonds. The number of nitrogens with one attached hydrogen (secondary N) is 1. The average molecular weight is 268 g/mol. The van der Waals surface area contributed by atoms with Crippen molar-refractivity contribution in [2.45, 2.75) is 26.7 Å². The summed E-state index contributed by atoms with van der Waals surface area (Å²) in [6, 6.07) is 3.95. The Morgan fingerprint density at radius 2 is 2.05 bits per heavy atom. The first-order valence-electron chi connectivity index (χ1n) is 6.42. The van der Waals surface area contributed by atoms with Gasteiger partial charge in [0.25, 0.3) is 0 Å². The number of benzene rings is 1. The van der Waals surface area contributed by atoms with Crippen LogP contribution in [-0.2, 0) is 0 Å². The molecule has 0 aliphatic carbocycles. The number of rotatable bonds is 7. The number of halogens is 1. The summed E-state index contributed by atoms with van der Waals surface area (Å²) in [4.78, 5) is 11.1. The van der Waals surface area contributed by atoms with Crippen molar-refractivity contribution >= 4 is 11.6 Å². The largest absolute Gasteiger partial charge is 0.396 e. The van der Waals surface area contributed by atoms with E-state index in [1.807, 2.05) is 13.8 Å². The fraction of sp³-hybridized carbons (Fsp3) is 0.500. The fourth-order valence-electron chi connectivity index (χ4n) is 1.88.